The smallest absolute Gasteiger partial charge is 0.0594 e. The maximum atomic E-state index is 6.23. The molecule has 4 heteroatoms. The van der Waals surface area contributed by atoms with Crippen molar-refractivity contribution in [1.82, 2.24) is 5.32 Å². The molecule has 0 spiro atoms. The summed E-state index contributed by atoms with van der Waals surface area (Å²) in [5.74, 6) is 0.538. The third-order valence-electron chi connectivity index (χ3n) is 3.21. The van der Waals surface area contributed by atoms with Crippen LogP contribution in [-0.2, 0) is 4.74 Å². The monoisotopic (exact) mass is 259 g/mol. The summed E-state index contributed by atoms with van der Waals surface area (Å²) in [6, 6.07) is 2.32. The van der Waals surface area contributed by atoms with Gasteiger partial charge in [-0.25, -0.2) is 0 Å². The Hall–Kier alpha value is -0.0900. The molecule has 1 N–H and O–H groups in total. The highest BCUT2D eigenvalue weighted by Gasteiger charge is 2.33. The van der Waals surface area contributed by atoms with Gasteiger partial charge in [0.2, 0.25) is 0 Å². The van der Waals surface area contributed by atoms with Gasteiger partial charge in [-0.1, -0.05) is 18.5 Å². The molecule has 3 atom stereocenters. The molecular weight excluding hydrogens is 242 g/mol. The Morgan fingerprint density at radius 3 is 3.00 bits per heavy atom. The minimum Gasteiger partial charge on any atom is -0.378 e. The molecule has 0 saturated carbocycles. The first-order valence-corrected chi connectivity index (χ1v) is 7.07. The molecular formula is C12H18ClNOS. The highest BCUT2D eigenvalue weighted by Crippen LogP contribution is 2.38. The standard InChI is InChI=1S/C12H18ClNOS/c1-3-14-11(9-4-6-15-8(9)2)12-10(13)5-7-16-12/h5,7-9,11,14H,3-4,6H2,1-2H3. The van der Waals surface area contributed by atoms with Crippen molar-refractivity contribution >= 4 is 22.9 Å². The predicted molar refractivity (Wildman–Crippen MR) is 69.3 cm³/mol. The van der Waals surface area contributed by atoms with E-state index in [0.717, 1.165) is 24.6 Å². The lowest BCUT2D eigenvalue weighted by atomic mass is 9.92. The van der Waals surface area contributed by atoms with E-state index in [4.69, 9.17) is 16.3 Å². The lowest BCUT2D eigenvalue weighted by molar-refractivity contribution is 0.0960. The summed E-state index contributed by atoms with van der Waals surface area (Å²) < 4.78 is 5.65. The second kappa shape index (κ2) is 5.50. The molecule has 0 bridgehead atoms. The molecule has 3 unspecified atom stereocenters. The summed E-state index contributed by atoms with van der Waals surface area (Å²) in [6.45, 7) is 6.12. The molecule has 0 radical (unpaired) electrons. The van der Waals surface area contributed by atoms with Crippen LogP contribution < -0.4 is 5.32 Å². The van der Waals surface area contributed by atoms with Crippen molar-refractivity contribution in [1.29, 1.82) is 0 Å². The molecule has 2 rings (SSSR count). The zero-order valence-corrected chi connectivity index (χ0v) is 11.3. The van der Waals surface area contributed by atoms with E-state index >= 15 is 0 Å². The summed E-state index contributed by atoms with van der Waals surface area (Å²) in [6.07, 6.45) is 1.44. The van der Waals surface area contributed by atoms with Crippen molar-refractivity contribution < 1.29 is 4.74 Å². The first-order chi connectivity index (χ1) is 7.74. The Bertz CT molecular complexity index is 342. The van der Waals surface area contributed by atoms with E-state index in [-0.39, 0.29) is 0 Å². The lowest BCUT2D eigenvalue weighted by Crippen LogP contribution is -2.31. The molecule has 16 heavy (non-hydrogen) atoms. The van der Waals surface area contributed by atoms with Crippen LogP contribution in [0, 0.1) is 5.92 Å². The summed E-state index contributed by atoms with van der Waals surface area (Å²) in [4.78, 5) is 1.26. The Morgan fingerprint density at radius 1 is 1.69 bits per heavy atom. The van der Waals surface area contributed by atoms with Gasteiger partial charge in [0.1, 0.15) is 0 Å². The van der Waals surface area contributed by atoms with Gasteiger partial charge in [-0.2, -0.15) is 0 Å². The van der Waals surface area contributed by atoms with Gasteiger partial charge in [-0.3, -0.25) is 0 Å². The molecule has 1 aliphatic rings. The van der Waals surface area contributed by atoms with Crippen LogP contribution in [0.4, 0.5) is 0 Å². The van der Waals surface area contributed by atoms with Crippen molar-refractivity contribution in [3.63, 3.8) is 0 Å². The number of hydrogen-bond donors (Lipinski definition) is 1. The molecule has 1 aromatic rings. The number of nitrogens with one attached hydrogen (secondary N) is 1. The first-order valence-electron chi connectivity index (χ1n) is 5.82. The number of rotatable bonds is 4. The van der Waals surface area contributed by atoms with Crippen LogP contribution in [0.2, 0.25) is 5.02 Å². The molecule has 0 aliphatic carbocycles. The normalized spacial score (nSPS) is 27.2. The van der Waals surface area contributed by atoms with E-state index in [9.17, 15) is 0 Å². The van der Waals surface area contributed by atoms with Crippen LogP contribution in [0.3, 0.4) is 0 Å². The summed E-state index contributed by atoms with van der Waals surface area (Å²) in [5, 5.41) is 6.49. The molecule has 1 aliphatic heterocycles. The van der Waals surface area contributed by atoms with E-state index in [2.05, 4.69) is 24.5 Å². The second-order valence-electron chi connectivity index (χ2n) is 4.20. The third-order valence-corrected chi connectivity index (χ3v) is 4.66. The maximum absolute atomic E-state index is 6.23. The van der Waals surface area contributed by atoms with Crippen molar-refractivity contribution in [2.24, 2.45) is 5.92 Å². The average molecular weight is 260 g/mol. The lowest BCUT2D eigenvalue weighted by Gasteiger charge is -2.26. The van der Waals surface area contributed by atoms with Crippen molar-refractivity contribution in [2.75, 3.05) is 13.2 Å². The summed E-state index contributed by atoms with van der Waals surface area (Å²) in [7, 11) is 0. The van der Waals surface area contributed by atoms with Gasteiger partial charge in [0.25, 0.3) is 0 Å². The fourth-order valence-electron chi connectivity index (χ4n) is 2.37. The van der Waals surface area contributed by atoms with Gasteiger partial charge < -0.3 is 10.1 Å². The second-order valence-corrected chi connectivity index (χ2v) is 5.55. The first kappa shape index (κ1) is 12.4. The maximum Gasteiger partial charge on any atom is 0.0594 e. The van der Waals surface area contributed by atoms with Gasteiger partial charge in [0.05, 0.1) is 11.1 Å². The minimum absolute atomic E-state index is 0.321. The number of ether oxygens (including phenoxy) is 1. The van der Waals surface area contributed by atoms with Gasteiger partial charge in [0.15, 0.2) is 0 Å². The third kappa shape index (κ3) is 2.43. The Morgan fingerprint density at radius 2 is 2.50 bits per heavy atom. The molecule has 1 aromatic heterocycles. The largest absolute Gasteiger partial charge is 0.378 e. The van der Waals surface area contributed by atoms with Gasteiger partial charge in [0, 0.05) is 23.4 Å². The van der Waals surface area contributed by atoms with Gasteiger partial charge in [-0.05, 0) is 31.3 Å². The molecule has 90 valence electrons. The SMILES string of the molecule is CCNC(c1sccc1Cl)C1CCOC1C. The molecule has 1 saturated heterocycles. The summed E-state index contributed by atoms with van der Waals surface area (Å²) >= 11 is 7.96. The van der Waals surface area contributed by atoms with Crippen LogP contribution >= 0.6 is 22.9 Å². The Labute approximate surface area is 106 Å². The fourth-order valence-corrected chi connectivity index (χ4v) is 3.70. The Balaban J connectivity index is 2.20. The van der Waals surface area contributed by atoms with Gasteiger partial charge in [-0.15, -0.1) is 11.3 Å². The summed E-state index contributed by atoms with van der Waals surface area (Å²) in [5.41, 5.74) is 0. The molecule has 1 fully saturated rings. The van der Waals surface area contributed by atoms with Crippen molar-refractivity contribution in [3.8, 4) is 0 Å². The van der Waals surface area contributed by atoms with E-state index in [1.165, 1.54) is 4.88 Å². The molecule has 0 aromatic carbocycles. The number of halogens is 1. The van der Waals surface area contributed by atoms with Crippen LogP contribution in [0.25, 0.3) is 0 Å². The van der Waals surface area contributed by atoms with Crippen LogP contribution in [0.1, 0.15) is 31.2 Å². The van der Waals surface area contributed by atoms with Gasteiger partial charge >= 0.3 is 0 Å². The fraction of sp³-hybridized carbons (Fsp3) is 0.667. The van der Waals surface area contributed by atoms with Crippen molar-refractivity contribution in [2.45, 2.75) is 32.4 Å². The molecule has 2 nitrogen and oxygen atoms in total. The van der Waals surface area contributed by atoms with E-state index in [1.807, 2.05) is 6.07 Å². The Kier molecular flexibility index (Phi) is 4.25. The minimum atomic E-state index is 0.321. The highest BCUT2D eigenvalue weighted by molar-refractivity contribution is 7.10. The number of thiophene rings is 1. The van der Waals surface area contributed by atoms with Crippen LogP contribution in [0.5, 0.6) is 0 Å². The van der Waals surface area contributed by atoms with E-state index in [0.29, 0.717) is 18.1 Å². The highest BCUT2D eigenvalue weighted by atomic mass is 35.5. The zero-order chi connectivity index (χ0) is 11.5. The van der Waals surface area contributed by atoms with Crippen LogP contribution in [-0.4, -0.2) is 19.3 Å². The quantitative estimate of drug-likeness (QED) is 0.894. The zero-order valence-electron chi connectivity index (χ0n) is 9.70. The predicted octanol–water partition coefficient (Wildman–Crippen LogP) is 3.48. The molecule has 2 heterocycles. The van der Waals surface area contributed by atoms with E-state index < -0.39 is 0 Å². The average Bonchev–Trinajstić information content (AvgIpc) is 2.84. The van der Waals surface area contributed by atoms with E-state index in [1.54, 1.807) is 11.3 Å². The van der Waals surface area contributed by atoms with Crippen molar-refractivity contribution in [3.05, 3.63) is 21.3 Å². The van der Waals surface area contributed by atoms with Crippen LogP contribution in [0.15, 0.2) is 11.4 Å². The number of hydrogen-bond acceptors (Lipinski definition) is 3. The molecule has 0 amide bonds. The topological polar surface area (TPSA) is 21.3 Å².